The fourth-order valence-electron chi connectivity index (χ4n) is 1.01. The third kappa shape index (κ3) is 2.43. The van der Waals surface area contributed by atoms with Crippen molar-refractivity contribution >= 4 is 35.7 Å². The SMILES string of the molecule is COc1ccc(C#N)c(Br)c1S(=O)(=O)Cl. The van der Waals surface area contributed by atoms with Crippen molar-refractivity contribution in [3.8, 4) is 11.8 Å². The zero-order chi connectivity index (χ0) is 11.6. The Balaban J connectivity index is 3.67. The number of hydrogen-bond acceptors (Lipinski definition) is 4. The summed E-state index contributed by atoms with van der Waals surface area (Å²) < 4.78 is 27.5. The van der Waals surface area contributed by atoms with Crippen molar-refractivity contribution in [3.63, 3.8) is 0 Å². The Bertz CT molecular complexity index is 536. The molecule has 0 fully saturated rings. The first-order valence-electron chi connectivity index (χ1n) is 3.63. The van der Waals surface area contributed by atoms with Crippen LogP contribution in [0.1, 0.15) is 5.56 Å². The van der Waals surface area contributed by atoms with Gasteiger partial charge in [-0.3, -0.25) is 0 Å². The van der Waals surface area contributed by atoms with Gasteiger partial charge >= 0.3 is 0 Å². The second-order valence-corrected chi connectivity index (χ2v) is 5.80. The number of nitriles is 1. The highest BCUT2D eigenvalue weighted by atomic mass is 79.9. The monoisotopic (exact) mass is 309 g/mol. The predicted octanol–water partition coefficient (Wildman–Crippen LogP) is 2.26. The van der Waals surface area contributed by atoms with E-state index >= 15 is 0 Å². The normalized spacial score (nSPS) is 10.8. The molecule has 4 nitrogen and oxygen atoms in total. The van der Waals surface area contributed by atoms with Crippen molar-refractivity contribution in [3.05, 3.63) is 22.2 Å². The quantitative estimate of drug-likeness (QED) is 0.786. The molecular formula is C8H5BrClNO3S. The Labute approximate surface area is 100.0 Å². The molecule has 7 heteroatoms. The summed E-state index contributed by atoms with van der Waals surface area (Å²) in [5.41, 5.74) is 0.176. The standard InChI is InChI=1S/C8H5BrClNO3S/c1-14-6-3-2-5(4-11)7(9)8(6)15(10,12)13/h2-3H,1H3. The van der Waals surface area contributed by atoms with E-state index in [4.69, 9.17) is 20.7 Å². The molecule has 0 aliphatic heterocycles. The highest BCUT2D eigenvalue weighted by molar-refractivity contribution is 9.10. The molecule has 0 aliphatic rings. The van der Waals surface area contributed by atoms with Crippen LogP contribution in [-0.2, 0) is 9.05 Å². The maximum Gasteiger partial charge on any atom is 0.266 e. The molecule has 0 spiro atoms. The third-order valence-electron chi connectivity index (χ3n) is 1.65. The number of ether oxygens (including phenoxy) is 1. The fourth-order valence-corrected chi connectivity index (χ4v) is 3.52. The van der Waals surface area contributed by atoms with Crippen LogP contribution in [0.15, 0.2) is 21.5 Å². The van der Waals surface area contributed by atoms with E-state index in [0.29, 0.717) is 0 Å². The topological polar surface area (TPSA) is 67.2 Å². The first-order chi connectivity index (χ1) is 6.91. The van der Waals surface area contributed by atoms with Gasteiger partial charge in [-0.05, 0) is 28.1 Å². The molecule has 0 bridgehead atoms. The van der Waals surface area contributed by atoms with Gasteiger partial charge in [0.15, 0.2) is 0 Å². The lowest BCUT2D eigenvalue weighted by molar-refractivity contribution is 0.402. The van der Waals surface area contributed by atoms with Crippen molar-refractivity contribution in [2.24, 2.45) is 0 Å². The second kappa shape index (κ2) is 4.39. The Morgan fingerprint density at radius 3 is 2.53 bits per heavy atom. The van der Waals surface area contributed by atoms with Crippen LogP contribution >= 0.6 is 26.6 Å². The summed E-state index contributed by atoms with van der Waals surface area (Å²) in [6.07, 6.45) is 0. The van der Waals surface area contributed by atoms with Gasteiger partial charge < -0.3 is 4.74 Å². The highest BCUT2D eigenvalue weighted by Gasteiger charge is 2.22. The van der Waals surface area contributed by atoms with E-state index in [1.807, 2.05) is 6.07 Å². The highest BCUT2D eigenvalue weighted by Crippen LogP contribution is 2.35. The van der Waals surface area contributed by atoms with Gasteiger partial charge in [0.05, 0.1) is 17.1 Å². The first-order valence-corrected chi connectivity index (χ1v) is 6.73. The minimum atomic E-state index is -3.96. The summed E-state index contributed by atoms with van der Waals surface area (Å²) in [5, 5.41) is 8.71. The van der Waals surface area contributed by atoms with Crippen molar-refractivity contribution in [1.82, 2.24) is 0 Å². The van der Waals surface area contributed by atoms with E-state index < -0.39 is 9.05 Å². The molecule has 0 saturated carbocycles. The molecule has 0 atom stereocenters. The van der Waals surface area contributed by atoms with E-state index in [9.17, 15) is 8.42 Å². The third-order valence-corrected chi connectivity index (χ3v) is 4.09. The summed E-state index contributed by atoms with van der Waals surface area (Å²) in [6.45, 7) is 0. The number of benzene rings is 1. The minimum Gasteiger partial charge on any atom is -0.495 e. The van der Waals surface area contributed by atoms with E-state index in [0.717, 1.165) is 0 Å². The van der Waals surface area contributed by atoms with Crippen molar-refractivity contribution in [2.75, 3.05) is 7.11 Å². The van der Waals surface area contributed by atoms with E-state index in [2.05, 4.69) is 15.9 Å². The van der Waals surface area contributed by atoms with E-state index in [1.54, 1.807) is 0 Å². The molecule has 0 aromatic heterocycles. The summed E-state index contributed by atoms with van der Waals surface area (Å²) >= 11 is 3.00. The number of hydrogen-bond donors (Lipinski definition) is 0. The van der Waals surface area contributed by atoms with Crippen molar-refractivity contribution in [2.45, 2.75) is 4.90 Å². The largest absolute Gasteiger partial charge is 0.495 e. The van der Waals surface area contributed by atoms with Crippen LogP contribution in [0.5, 0.6) is 5.75 Å². The molecule has 1 aromatic carbocycles. The molecule has 1 aromatic rings. The van der Waals surface area contributed by atoms with Crippen LogP contribution in [0.2, 0.25) is 0 Å². The Morgan fingerprint density at radius 1 is 1.53 bits per heavy atom. The average Bonchev–Trinajstić information content (AvgIpc) is 2.15. The smallest absolute Gasteiger partial charge is 0.266 e. The Kier molecular flexibility index (Phi) is 3.60. The van der Waals surface area contributed by atoms with Gasteiger partial charge in [-0.1, -0.05) is 0 Å². The summed E-state index contributed by atoms with van der Waals surface area (Å²) in [6, 6.07) is 4.65. The molecule has 0 heterocycles. The molecule has 1 rings (SSSR count). The van der Waals surface area contributed by atoms with Crippen LogP contribution in [0.3, 0.4) is 0 Å². The van der Waals surface area contributed by atoms with Crippen LogP contribution in [-0.4, -0.2) is 15.5 Å². The summed E-state index contributed by atoms with van der Waals surface area (Å²) in [4.78, 5) is -0.231. The predicted molar refractivity (Wildman–Crippen MR) is 58.4 cm³/mol. The maximum absolute atomic E-state index is 11.2. The first kappa shape index (κ1) is 12.3. The average molecular weight is 311 g/mol. The molecule has 0 unspecified atom stereocenters. The van der Waals surface area contributed by atoms with Gasteiger partial charge in [-0.2, -0.15) is 5.26 Å². The van der Waals surface area contributed by atoms with Gasteiger partial charge in [0.2, 0.25) is 0 Å². The summed E-state index contributed by atoms with van der Waals surface area (Å²) in [5.74, 6) is 0.0934. The van der Waals surface area contributed by atoms with Crippen LogP contribution in [0, 0.1) is 11.3 Å². The fraction of sp³-hybridized carbons (Fsp3) is 0.125. The lowest BCUT2D eigenvalue weighted by Crippen LogP contribution is -1.99. The minimum absolute atomic E-state index is 0.0934. The van der Waals surface area contributed by atoms with Gasteiger partial charge in [-0.25, -0.2) is 8.42 Å². The lowest BCUT2D eigenvalue weighted by atomic mass is 10.2. The van der Waals surface area contributed by atoms with E-state index in [-0.39, 0.29) is 20.7 Å². The number of methoxy groups -OCH3 is 1. The molecule has 0 radical (unpaired) electrons. The molecule has 0 saturated heterocycles. The number of halogens is 2. The Hall–Kier alpha value is -0.770. The second-order valence-electron chi connectivity index (χ2n) is 2.51. The van der Waals surface area contributed by atoms with Gasteiger partial charge in [-0.15, -0.1) is 0 Å². The van der Waals surface area contributed by atoms with Crippen LogP contribution in [0.25, 0.3) is 0 Å². The number of rotatable bonds is 2. The number of nitrogens with zero attached hydrogens (tertiary/aromatic N) is 1. The van der Waals surface area contributed by atoms with Gasteiger partial charge in [0.25, 0.3) is 9.05 Å². The van der Waals surface area contributed by atoms with Gasteiger partial charge in [0.1, 0.15) is 16.7 Å². The molecular weight excluding hydrogens is 306 g/mol. The van der Waals surface area contributed by atoms with Gasteiger partial charge in [0, 0.05) is 10.7 Å². The van der Waals surface area contributed by atoms with E-state index in [1.165, 1.54) is 19.2 Å². The molecule has 0 N–H and O–H groups in total. The lowest BCUT2D eigenvalue weighted by Gasteiger charge is -2.08. The molecule has 15 heavy (non-hydrogen) atoms. The van der Waals surface area contributed by atoms with Crippen molar-refractivity contribution < 1.29 is 13.2 Å². The molecule has 80 valence electrons. The Morgan fingerprint density at radius 2 is 2.13 bits per heavy atom. The zero-order valence-corrected chi connectivity index (χ0v) is 10.6. The van der Waals surface area contributed by atoms with Crippen molar-refractivity contribution in [1.29, 1.82) is 5.26 Å². The maximum atomic E-state index is 11.2. The molecule has 0 amide bonds. The van der Waals surface area contributed by atoms with Crippen LogP contribution < -0.4 is 4.74 Å². The summed E-state index contributed by atoms with van der Waals surface area (Å²) in [7, 11) is 2.59. The molecule has 0 aliphatic carbocycles. The van der Waals surface area contributed by atoms with Crippen LogP contribution in [0.4, 0.5) is 0 Å². The zero-order valence-electron chi connectivity index (χ0n) is 7.49.